The summed E-state index contributed by atoms with van der Waals surface area (Å²) in [5.74, 6) is 0.390. The third-order valence-corrected chi connectivity index (χ3v) is 8.76. The highest BCUT2D eigenvalue weighted by Gasteiger charge is 2.28. The Kier molecular flexibility index (Phi) is 9.27. The first-order valence-corrected chi connectivity index (χ1v) is 15.2. The zero-order valence-electron chi connectivity index (χ0n) is 25.3. The van der Waals surface area contributed by atoms with Crippen LogP contribution in [-0.2, 0) is 4.79 Å². The first-order chi connectivity index (χ1) is 20.2. The van der Waals surface area contributed by atoms with E-state index in [2.05, 4.69) is 50.7 Å². The van der Waals surface area contributed by atoms with Gasteiger partial charge in [0.1, 0.15) is 0 Å². The fraction of sp³-hybridized carbons (Fsp3) is 0.548. The number of benzene rings is 1. The van der Waals surface area contributed by atoms with Gasteiger partial charge in [0.25, 0.3) is 5.91 Å². The molecule has 1 aromatic heterocycles. The number of hydrogen-bond donors (Lipinski definition) is 2. The van der Waals surface area contributed by atoms with Gasteiger partial charge >= 0.3 is 0 Å². The van der Waals surface area contributed by atoms with Gasteiger partial charge in [0.15, 0.2) is 17.3 Å². The number of anilines is 4. The predicted octanol–water partition coefficient (Wildman–Crippen LogP) is 2.49. The van der Waals surface area contributed by atoms with E-state index in [0.29, 0.717) is 49.6 Å². The van der Waals surface area contributed by atoms with Crippen molar-refractivity contribution >= 4 is 34.8 Å². The number of piperazine rings is 2. The predicted molar refractivity (Wildman–Crippen MR) is 168 cm³/mol. The molecule has 0 aliphatic carbocycles. The first-order valence-electron chi connectivity index (χ1n) is 15.2. The molecule has 0 atom stereocenters. The summed E-state index contributed by atoms with van der Waals surface area (Å²) in [7, 11) is 2.20. The highest BCUT2D eigenvalue weighted by molar-refractivity contribution is 5.96. The minimum Gasteiger partial charge on any atom is -0.371 e. The Bertz CT molecular complexity index is 1260. The van der Waals surface area contributed by atoms with Gasteiger partial charge in [0.05, 0.1) is 5.69 Å². The van der Waals surface area contributed by atoms with Crippen molar-refractivity contribution in [3.63, 3.8) is 0 Å². The number of carbonyl (C=O) groups is 2. The quantitative estimate of drug-likeness (QED) is 0.458. The lowest BCUT2D eigenvalue weighted by molar-refractivity contribution is -0.126. The Labute approximate surface area is 249 Å². The molecule has 3 N–H and O–H groups in total. The van der Waals surface area contributed by atoms with Gasteiger partial charge in [-0.25, -0.2) is 9.97 Å². The van der Waals surface area contributed by atoms with E-state index in [9.17, 15) is 9.59 Å². The molecule has 2 amide bonds. The van der Waals surface area contributed by atoms with Crippen LogP contribution in [0.3, 0.4) is 0 Å². The number of rotatable bonds is 8. The average molecular weight is 576 g/mol. The first kappa shape index (κ1) is 29.8. The van der Waals surface area contributed by atoms with Crippen LogP contribution in [-0.4, -0.2) is 115 Å². The zero-order chi connectivity index (χ0) is 29.8. The average Bonchev–Trinajstić information content (AvgIpc) is 3.01. The molecule has 3 aliphatic rings. The van der Waals surface area contributed by atoms with Crippen molar-refractivity contribution in [2.75, 3.05) is 87.6 Å². The number of likely N-dealkylation sites (N-methyl/N-ethyl adjacent to an activating group) is 1. The molecule has 11 heteroatoms. The highest BCUT2D eigenvalue weighted by atomic mass is 16.2. The summed E-state index contributed by atoms with van der Waals surface area (Å²) in [4.78, 5) is 45.6. The molecule has 2 aromatic rings. The maximum absolute atomic E-state index is 12.4. The van der Waals surface area contributed by atoms with Gasteiger partial charge in [-0.1, -0.05) is 20.4 Å². The van der Waals surface area contributed by atoms with Crippen molar-refractivity contribution in [2.45, 2.75) is 38.6 Å². The summed E-state index contributed by atoms with van der Waals surface area (Å²) in [6.45, 7) is 16.8. The van der Waals surface area contributed by atoms with Crippen molar-refractivity contribution in [2.24, 2.45) is 5.73 Å². The topological polar surface area (TPSA) is 114 Å². The molecule has 3 fully saturated rings. The smallest absolute Gasteiger partial charge is 0.271 e. The molecule has 0 unspecified atom stereocenters. The number of aromatic nitrogens is 2. The molecule has 0 radical (unpaired) electrons. The maximum atomic E-state index is 12.4. The van der Waals surface area contributed by atoms with Crippen molar-refractivity contribution < 1.29 is 9.59 Å². The van der Waals surface area contributed by atoms with E-state index < -0.39 is 5.91 Å². The van der Waals surface area contributed by atoms with Gasteiger partial charge in [-0.05, 0) is 56.1 Å². The van der Waals surface area contributed by atoms with Gasteiger partial charge in [-0.15, -0.1) is 0 Å². The second kappa shape index (κ2) is 13.1. The number of hydrogen-bond acceptors (Lipinski definition) is 9. The van der Waals surface area contributed by atoms with Crippen LogP contribution < -0.4 is 20.9 Å². The molecular formula is C31H45N9O2. The Hall–Kier alpha value is -3.70. The van der Waals surface area contributed by atoms with Crippen LogP contribution in [0, 0.1) is 0 Å². The number of nitrogens with one attached hydrogen (secondary N) is 1. The van der Waals surface area contributed by atoms with E-state index in [0.717, 1.165) is 31.9 Å². The Morgan fingerprint density at radius 2 is 1.57 bits per heavy atom. The monoisotopic (exact) mass is 575 g/mol. The summed E-state index contributed by atoms with van der Waals surface area (Å²) in [6, 6.07) is 8.95. The molecule has 11 nitrogen and oxygen atoms in total. The fourth-order valence-electron chi connectivity index (χ4n) is 6.15. The molecule has 1 aromatic carbocycles. The molecule has 3 saturated heterocycles. The largest absolute Gasteiger partial charge is 0.371 e. The molecule has 5 rings (SSSR count). The minimum atomic E-state index is -0.625. The summed E-state index contributed by atoms with van der Waals surface area (Å²) in [6.07, 6.45) is 3.71. The van der Waals surface area contributed by atoms with Crippen LogP contribution in [0.5, 0.6) is 0 Å². The third-order valence-electron chi connectivity index (χ3n) is 8.76. The van der Waals surface area contributed by atoms with Crippen LogP contribution >= 0.6 is 0 Å². The number of carbonyl (C=O) groups excluding carboxylic acids is 2. The van der Waals surface area contributed by atoms with Gasteiger partial charge in [0.2, 0.25) is 5.91 Å². The highest BCUT2D eigenvalue weighted by Crippen LogP contribution is 2.31. The van der Waals surface area contributed by atoms with Crippen LogP contribution in [0.2, 0.25) is 0 Å². The number of nitrogens with two attached hydrogens (primary N) is 1. The normalized spacial score (nSPS) is 19.3. The number of piperidine rings is 1. The second-order valence-electron chi connectivity index (χ2n) is 11.9. The van der Waals surface area contributed by atoms with Crippen LogP contribution in [0.4, 0.5) is 23.0 Å². The Morgan fingerprint density at radius 1 is 0.929 bits per heavy atom. The van der Waals surface area contributed by atoms with Crippen molar-refractivity contribution in [3.05, 3.63) is 48.3 Å². The maximum Gasteiger partial charge on any atom is 0.271 e. The summed E-state index contributed by atoms with van der Waals surface area (Å²) in [5.41, 5.74) is 8.61. The van der Waals surface area contributed by atoms with Crippen LogP contribution in [0.25, 0.3) is 0 Å². The van der Waals surface area contributed by atoms with E-state index in [1.165, 1.54) is 37.7 Å². The van der Waals surface area contributed by atoms with Gasteiger partial charge in [-0.2, -0.15) is 0 Å². The lowest BCUT2D eigenvalue weighted by Crippen LogP contribution is -2.52. The molecule has 0 spiro atoms. The summed E-state index contributed by atoms with van der Waals surface area (Å²) < 4.78 is 0. The third kappa shape index (κ3) is 6.68. The molecule has 0 saturated carbocycles. The lowest BCUT2D eigenvalue weighted by atomic mass is 10.0. The number of amides is 2. The zero-order valence-corrected chi connectivity index (χ0v) is 25.3. The van der Waals surface area contributed by atoms with Crippen molar-refractivity contribution in [1.29, 1.82) is 0 Å². The van der Waals surface area contributed by atoms with E-state index in [1.54, 1.807) is 4.90 Å². The van der Waals surface area contributed by atoms with Gasteiger partial charge < -0.3 is 30.7 Å². The van der Waals surface area contributed by atoms with Crippen LogP contribution in [0.15, 0.2) is 36.9 Å². The number of primary amides is 1. The SMILES string of the molecule is C=CC(=O)N1CCN(c2nc(Nc3ccc(N4CCC(N5CCN(C)CC5)CC4)cc3)c(C(N)=O)nc2C(C)C)CC1. The second-order valence-corrected chi connectivity index (χ2v) is 11.9. The summed E-state index contributed by atoms with van der Waals surface area (Å²) in [5, 5.41) is 3.31. The fourth-order valence-corrected chi connectivity index (χ4v) is 6.15. The minimum absolute atomic E-state index is 0.0344. The van der Waals surface area contributed by atoms with Crippen molar-refractivity contribution in [1.82, 2.24) is 24.7 Å². The van der Waals surface area contributed by atoms with E-state index in [4.69, 9.17) is 15.7 Å². The molecular weight excluding hydrogens is 530 g/mol. The van der Waals surface area contributed by atoms with Gasteiger partial charge in [0, 0.05) is 82.9 Å². The standard InChI is InChI=1S/C31H45N9O2/c1-5-26(41)39-18-20-40(21-19-39)31-27(22(2)3)34-28(29(32)42)30(35-31)33-23-6-8-24(9-7-23)37-12-10-25(11-13-37)38-16-14-36(4)15-17-38/h5-9,22,25H,1,10-21H2,2-4H3,(H2,32,42)(H,33,35). The van der Waals surface area contributed by atoms with Crippen molar-refractivity contribution in [3.8, 4) is 0 Å². The lowest BCUT2D eigenvalue weighted by Gasteiger charge is -2.42. The number of nitrogens with zero attached hydrogens (tertiary/aromatic N) is 7. The van der Waals surface area contributed by atoms with E-state index in [-0.39, 0.29) is 17.5 Å². The molecule has 0 bridgehead atoms. The van der Waals surface area contributed by atoms with E-state index in [1.807, 2.05) is 26.0 Å². The molecule has 3 aliphatic heterocycles. The van der Waals surface area contributed by atoms with Gasteiger partial charge in [-0.3, -0.25) is 14.5 Å². The molecule has 4 heterocycles. The molecule has 42 heavy (non-hydrogen) atoms. The van der Waals surface area contributed by atoms with E-state index >= 15 is 0 Å². The summed E-state index contributed by atoms with van der Waals surface area (Å²) >= 11 is 0. The Morgan fingerprint density at radius 3 is 2.14 bits per heavy atom. The van der Waals surface area contributed by atoms with Crippen LogP contribution in [0.1, 0.15) is 48.8 Å². The Balaban J connectivity index is 1.28. The molecule has 226 valence electrons.